The predicted octanol–water partition coefficient (Wildman–Crippen LogP) is 2.78. The lowest BCUT2D eigenvalue weighted by molar-refractivity contribution is -0.121. The molecule has 2 amide bonds. The molecule has 8 nitrogen and oxygen atoms in total. The minimum absolute atomic E-state index is 0.0379. The minimum atomic E-state index is -0.913. The van der Waals surface area contributed by atoms with Gasteiger partial charge in [-0.3, -0.25) is 19.9 Å². The van der Waals surface area contributed by atoms with E-state index in [1.165, 1.54) is 6.20 Å². The summed E-state index contributed by atoms with van der Waals surface area (Å²) in [4.78, 5) is 33.0. The monoisotopic (exact) mass is 397 g/mol. The standard InChI is InChI=1S/C19H16ClN5O3/c1-19(9-16(26)24-18(21)25-19)15-8-12(4-5-22-15)23-17(27)14-7-10-6-11(20)2-3-13(10)28-14/h2-8H,9H2,1H3,(H,22,23,27)(H3,21,24,25,26). The van der Waals surface area contributed by atoms with Gasteiger partial charge in [0.2, 0.25) is 5.91 Å². The number of fused-ring (bicyclic) bond motifs is 1. The van der Waals surface area contributed by atoms with Crippen LogP contribution in [0.1, 0.15) is 29.6 Å². The summed E-state index contributed by atoms with van der Waals surface area (Å²) in [5.41, 5.74) is 6.34. The number of amides is 2. The lowest BCUT2D eigenvalue weighted by Gasteiger charge is -2.28. The van der Waals surface area contributed by atoms with Crippen LogP contribution in [0.3, 0.4) is 0 Å². The van der Waals surface area contributed by atoms with Crippen LogP contribution in [0.4, 0.5) is 5.69 Å². The minimum Gasteiger partial charge on any atom is -0.451 e. The van der Waals surface area contributed by atoms with E-state index in [9.17, 15) is 9.59 Å². The number of rotatable bonds is 3. The van der Waals surface area contributed by atoms with Crippen molar-refractivity contribution in [2.75, 3.05) is 5.32 Å². The molecule has 0 fully saturated rings. The summed E-state index contributed by atoms with van der Waals surface area (Å²) >= 11 is 5.97. The van der Waals surface area contributed by atoms with Gasteiger partial charge in [0.25, 0.3) is 5.91 Å². The molecule has 0 bridgehead atoms. The number of nitrogens with one attached hydrogen (secondary N) is 2. The van der Waals surface area contributed by atoms with Crippen LogP contribution in [0.15, 0.2) is 52.0 Å². The molecule has 28 heavy (non-hydrogen) atoms. The normalized spacial score (nSPS) is 19.2. The number of aliphatic imine (C=N–C) groups is 1. The number of benzene rings is 1. The highest BCUT2D eigenvalue weighted by molar-refractivity contribution is 6.31. The van der Waals surface area contributed by atoms with E-state index in [-0.39, 0.29) is 24.0 Å². The van der Waals surface area contributed by atoms with Gasteiger partial charge >= 0.3 is 0 Å². The Morgan fingerprint density at radius 1 is 1.32 bits per heavy atom. The number of guanidine groups is 1. The highest BCUT2D eigenvalue weighted by atomic mass is 35.5. The molecular weight excluding hydrogens is 382 g/mol. The summed E-state index contributed by atoms with van der Waals surface area (Å²) in [5.74, 6) is -0.469. The summed E-state index contributed by atoms with van der Waals surface area (Å²) in [7, 11) is 0. The van der Waals surface area contributed by atoms with Gasteiger partial charge in [-0.2, -0.15) is 0 Å². The summed E-state index contributed by atoms with van der Waals surface area (Å²) in [6.45, 7) is 1.76. The number of nitrogens with zero attached hydrogens (tertiary/aromatic N) is 2. The van der Waals surface area contributed by atoms with E-state index in [0.29, 0.717) is 22.0 Å². The Balaban J connectivity index is 1.60. The molecule has 0 saturated carbocycles. The van der Waals surface area contributed by atoms with Gasteiger partial charge in [-0.1, -0.05) is 11.6 Å². The van der Waals surface area contributed by atoms with E-state index < -0.39 is 11.4 Å². The maximum absolute atomic E-state index is 12.6. The Morgan fingerprint density at radius 2 is 2.14 bits per heavy atom. The van der Waals surface area contributed by atoms with Crippen LogP contribution in [0, 0.1) is 0 Å². The largest absolute Gasteiger partial charge is 0.451 e. The third kappa shape index (κ3) is 3.41. The molecule has 9 heteroatoms. The van der Waals surface area contributed by atoms with E-state index in [1.54, 1.807) is 43.3 Å². The molecule has 1 atom stereocenters. The van der Waals surface area contributed by atoms with Crippen molar-refractivity contribution >= 4 is 46.0 Å². The van der Waals surface area contributed by atoms with E-state index in [4.69, 9.17) is 21.8 Å². The van der Waals surface area contributed by atoms with Crippen molar-refractivity contribution in [3.8, 4) is 0 Å². The molecule has 3 heterocycles. The number of furan rings is 1. The molecule has 142 valence electrons. The maximum atomic E-state index is 12.6. The topological polar surface area (TPSA) is 123 Å². The smallest absolute Gasteiger partial charge is 0.291 e. The zero-order valence-corrected chi connectivity index (χ0v) is 15.6. The molecule has 2 aromatic heterocycles. The molecule has 0 spiro atoms. The molecule has 4 rings (SSSR count). The zero-order chi connectivity index (χ0) is 19.9. The van der Waals surface area contributed by atoms with E-state index in [2.05, 4.69) is 20.6 Å². The fourth-order valence-electron chi connectivity index (χ4n) is 3.10. The molecular formula is C19H16ClN5O3. The van der Waals surface area contributed by atoms with Gasteiger partial charge in [0, 0.05) is 22.3 Å². The van der Waals surface area contributed by atoms with Crippen molar-refractivity contribution in [2.24, 2.45) is 10.7 Å². The highest BCUT2D eigenvalue weighted by Crippen LogP contribution is 2.31. The van der Waals surface area contributed by atoms with Crippen LogP contribution in [0.5, 0.6) is 0 Å². The number of nitrogens with two attached hydrogens (primary N) is 1. The summed E-state index contributed by atoms with van der Waals surface area (Å²) < 4.78 is 5.57. The van der Waals surface area contributed by atoms with Gasteiger partial charge in [0.15, 0.2) is 11.7 Å². The Kier molecular flexibility index (Phi) is 4.27. The van der Waals surface area contributed by atoms with Crippen LogP contribution in [-0.2, 0) is 10.3 Å². The van der Waals surface area contributed by atoms with Crippen molar-refractivity contribution in [1.29, 1.82) is 0 Å². The average molecular weight is 398 g/mol. The Morgan fingerprint density at radius 3 is 2.93 bits per heavy atom. The molecule has 1 aliphatic rings. The first-order chi connectivity index (χ1) is 13.3. The Hall–Kier alpha value is -3.39. The van der Waals surface area contributed by atoms with Crippen LogP contribution < -0.4 is 16.4 Å². The molecule has 0 radical (unpaired) electrons. The number of halogens is 1. The molecule has 4 N–H and O–H groups in total. The quantitative estimate of drug-likeness (QED) is 0.627. The number of carbonyl (C=O) groups is 2. The summed E-state index contributed by atoms with van der Waals surface area (Å²) in [6, 6.07) is 10.0. The second-order valence-corrected chi connectivity index (χ2v) is 7.11. The molecule has 3 aromatic rings. The molecule has 1 aliphatic heterocycles. The fourth-order valence-corrected chi connectivity index (χ4v) is 3.28. The third-order valence-corrected chi connectivity index (χ3v) is 4.65. The van der Waals surface area contributed by atoms with Crippen molar-refractivity contribution in [1.82, 2.24) is 10.3 Å². The zero-order valence-electron chi connectivity index (χ0n) is 14.8. The van der Waals surface area contributed by atoms with Crippen LogP contribution >= 0.6 is 11.6 Å². The fraction of sp³-hybridized carbons (Fsp3) is 0.158. The lowest BCUT2D eigenvalue weighted by Crippen LogP contribution is -2.46. The predicted molar refractivity (Wildman–Crippen MR) is 105 cm³/mol. The lowest BCUT2D eigenvalue weighted by atomic mass is 9.92. The van der Waals surface area contributed by atoms with Gasteiger partial charge in [-0.25, -0.2) is 4.99 Å². The van der Waals surface area contributed by atoms with Gasteiger partial charge in [-0.15, -0.1) is 0 Å². The first kappa shape index (κ1) is 18.0. The van der Waals surface area contributed by atoms with E-state index in [0.717, 1.165) is 5.39 Å². The van der Waals surface area contributed by atoms with Crippen molar-refractivity contribution in [2.45, 2.75) is 18.9 Å². The Labute approximate surface area is 164 Å². The first-order valence-corrected chi connectivity index (χ1v) is 8.82. The second kappa shape index (κ2) is 6.65. The second-order valence-electron chi connectivity index (χ2n) is 6.67. The van der Waals surface area contributed by atoms with Gasteiger partial charge in [0.1, 0.15) is 11.1 Å². The molecule has 0 aliphatic carbocycles. The van der Waals surface area contributed by atoms with Gasteiger partial charge in [-0.05, 0) is 43.3 Å². The van der Waals surface area contributed by atoms with Crippen LogP contribution in [0.25, 0.3) is 11.0 Å². The summed E-state index contributed by atoms with van der Waals surface area (Å²) in [6.07, 6.45) is 1.63. The number of hydrogen-bond acceptors (Lipinski definition) is 6. The van der Waals surface area contributed by atoms with E-state index >= 15 is 0 Å². The van der Waals surface area contributed by atoms with Crippen molar-refractivity contribution in [3.63, 3.8) is 0 Å². The summed E-state index contributed by atoms with van der Waals surface area (Å²) in [5, 5.41) is 6.52. The molecule has 1 unspecified atom stereocenters. The number of aromatic nitrogens is 1. The maximum Gasteiger partial charge on any atom is 0.291 e. The Bertz CT molecular complexity index is 1140. The first-order valence-electron chi connectivity index (χ1n) is 8.45. The highest BCUT2D eigenvalue weighted by Gasteiger charge is 2.35. The third-order valence-electron chi connectivity index (χ3n) is 4.41. The molecule has 0 saturated heterocycles. The number of carbonyl (C=O) groups excluding carboxylic acids is 2. The van der Waals surface area contributed by atoms with Crippen molar-refractivity contribution in [3.05, 3.63) is 59.1 Å². The average Bonchev–Trinajstić information content (AvgIpc) is 3.04. The van der Waals surface area contributed by atoms with Gasteiger partial charge < -0.3 is 15.5 Å². The number of anilines is 1. The van der Waals surface area contributed by atoms with Crippen LogP contribution in [-0.4, -0.2) is 22.8 Å². The van der Waals surface area contributed by atoms with E-state index in [1.807, 2.05) is 0 Å². The molecule has 1 aromatic carbocycles. The van der Waals surface area contributed by atoms with Crippen LogP contribution in [0.2, 0.25) is 5.02 Å². The van der Waals surface area contributed by atoms with Gasteiger partial charge in [0.05, 0.1) is 12.1 Å². The number of pyridine rings is 1. The SMILES string of the molecule is CC1(c2cc(NC(=O)c3cc4cc(Cl)ccc4o3)ccn2)CC(=O)NC(N)=N1. The number of hydrogen-bond donors (Lipinski definition) is 3. The van der Waals surface area contributed by atoms with Crippen molar-refractivity contribution < 1.29 is 14.0 Å².